The molecule has 196 valence electrons. The summed E-state index contributed by atoms with van der Waals surface area (Å²) in [7, 11) is 0. The number of fused-ring (bicyclic) bond motifs is 1. The monoisotopic (exact) mass is 507 g/mol. The van der Waals surface area contributed by atoms with Crippen LogP contribution in [-0.2, 0) is 6.42 Å². The van der Waals surface area contributed by atoms with Crippen molar-refractivity contribution in [1.29, 1.82) is 0 Å². The normalized spacial score (nSPS) is 17.6. The zero-order valence-corrected chi connectivity index (χ0v) is 22.0. The molecule has 4 aromatic rings. The second-order valence-corrected chi connectivity index (χ2v) is 11.3. The number of hydrogen-bond donors (Lipinski definition) is 2. The summed E-state index contributed by atoms with van der Waals surface area (Å²) in [5, 5.41) is 21.9. The van der Waals surface area contributed by atoms with Gasteiger partial charge in [-0.25, -0.2) is 0 Å². The molecule has 0 radical (unpaired) electrons. The van der Waals surface area contributed by atoms with Gasteiger partial charge in [-0.2, -0.15) is 0 Å². The first-order valence-corrected chi connectivity index (χ1v) is 14.1. The maximum atomic E-state index is 10.0. The second-order valence-electron chi connectivity index (χ2n) is 11.3. The number of rotatable bonds is 6. The number of benzene rings is 4. The van der Waals surface area contributed by atoms with E-state index < -0.39 is 0 Å². The lowest BCUT2D eigenvalue weighted by Crippen LogP contribution is -2.42. The van der Waals surface area contributed by atoms with Gasteiger partial charge in [-0.1, -0.05) is 61.7 Å². The lowest BCUT2D eigenvalue weighted by molar-refractivity contribution is 0.0289. The molecule has 1 saturated heterocycles. The summed E-state index contributed by atoms with van der Waals surface area (Å²) in [6.45, 7) is 2.96. The van der Waals surface area contributed by atoms with Crippen LogP contribution in [-0.4, -0.2) is 34.9 Å². The highest BCUT2D eigenvalue weighted by molar-refractivity contribution is 5.93. The van der Waals surface area contributed by atoms with E-state index in [0.29, 0.717) is 12.1 Å². The van der Waals surface area contributed by atoms with Crippen molar-refractivity contribution >= 4 is 10.8 Å². The highest BCUT2D eigenvalue weighted by atomic mass is 16.5. The number of phenolic OH excluding ortho intramolecular Hbond substituents is 2. The largest absolute Gasteiger partial charge is 0.508 e. The van der Waals surface area contributed by atoms with Crippen LogP contribution >= 0.6 is 0 Å². The van der Waals surface area contributed by atoms with Crippen LogP contribution in [0.1, 0.15) is 56.1 Å². The number of likely N-dealkylation sites (tertiary alicyclic amines) is 1. The van der Waals surface area contributed by atoms with E-state index in [1.54, 1.807) is 18.2 Å². The van der Waals surface area contributed by atoms with Crippen LogP contribution in [0.15, 0.2) is 78.9 Å². The summed E-state index contributed by atoms with van der Waals surface area (Å²) < 4.78 is 6.19. The first-order valence-electron chi connectivity index (χ1n) is 14.1. The fourth-order valence-corrected chi connectivity index (χ4v) is 6.52. The lowest BCUT2D eigenvalue weighted by atomic mass is 9.68. The quantitative estimate of drug-likeness (QED) is 0.279. The molecule has 1 aliphatic carbocycles. The van der Waals surface area contributed by atoms with Gasteiger partial charge >= 0.3 is 0 Å². The Balaban J connectivity index is 1.16. The maximum Gasteiger partial charge on any atom is 0.142 e. The number of phenols is 2. The van der Waals surface area contributed by atoms with E-state index in [2.05, 4.69) is 35.2 Å². The van der Waals surface area contributed by atoms with Crippen molar-refractivity contribution in [2.75, 3.05) is 19.8 Å². The predicted octanol–water partition coefficient (Wildman–Crippen LogP) is 7.89. The highest BCUT2D eigenvalue weighted by Crippen LogP contribution is 2.44. The van der Waals surface area contributed by atoms with Gasteiger partial charge in [-0.3, -0.25) is 4.90 Å². The van der Waals surface area contributed by atoms with E-state index in [9.17, 15) is 10.2 Å². The van der Waals surface area contributed by atoms with Crippen LogP contribution < -0.4 is 4.74 Å². The molecule has 2 aliphatic rings. The van der Waals surface area contributed by atoms with Crippen molar-refractivity contribution < 1.29 is 14.9 Å². The third kappa shape index (κ3) is 5.37. The van der Waals surface area contributed by atoms with Gasteiger partial charge in [-0.15, -0.1) is 0 Å². The summed E-state index contributed by atoms with van der Waals surface area (Å²) >= 11 is 0. The molecule has 38 heavy (non-hydrogen) atoms. The molecular weight excluding hydrogens is 470 g/mol. The third-order valence-electron chi connectivity index (χ3n) is 8.84. The average Bonchev–Trinajstić information content (AvgIpc) is 2.95. The number of nitrogens with zero attached hydrogens (tertiary/aromatic N) is 1. The van der Waals surface area contributed by atoms with Crippen molar-refractivity contribution in [3.8, 4) is 28.4 Å². The van der Waals surface area contributed by atoms with E-state index in [1.165, 1.54) is 56.1 Å². The van der Waals surface area contributed by atoms with Crippen LogP contribution in [0.25, 0.3) is 21.9 Å². The first kappa shape index (κ1) is 24.8. The number of piperidine rings is 1. The highest BCUT2D eigenvalue weighted by Gasteiger charge is 2.35. The Labute approximate surface area is 225 Å². The molecule has 0 amide bonds. The van der Waals surface area contributed by atoms with Crippen molar-refractivity contribution in [2.24, 2.45) is 5.41 Å². The standard InChI is InChI=1S/C34H37NO3/c36-28-9-6-26(7-10-28)31-14-8-27-23-29(37)11-15-32(27)33(31)22-25-4-12-30(13-5-25)38-24-35-20-18-34(19-21-35)16-2-1-3-17-34/h4-15,23,36-37H,1-3,16-22,24H2. The molecule has 1 spiro atoms. The molecule has 4 nitrogen and oxygen atoms in total. The summed E-state index contributed by atoms with van der Waals surface area (Å²) in [5.41, 5.74) is 5.21. The second kappa shape index (κ2) is 10.7. The molecule has 0 aromatic heterocycles. The van der Waals surface area contributed by atoms with E-state index in [0.717, 1.165) is 47.2 Å². The van der Waals surface area contributed by atoms with E-state index in [-0.39, 0.29) is 11.5 Å². The van der Waals surface area contributed by atoms with Crippen molar-refractivity contribution in [1.82, 2.24) is 4.90 Å². The molecule has 1 saturated carbocycles. The minimum absolute atomic E-state index is 0.259. The SMILES string of the molecule is Oc1ccc(-c2ccc3cc(O)ccc3c2Cc2ccc(OCN3CCC4(CCCCC4)CC3)cc2)cc1. The van der Waals surface area contributed by atoms with Crippen molar-refractivity contribution in [3.05, 3.63) is 90.0 Å². The Morgan fingerprint density at radius 3 is 2.16 bits per heavy atom. The molecule has 1 heterocycles. The lowest BCUT2D eigenvalue weighted by Gasteiger charge is -2.44. The van der Waals surface area contributed by atoms with Gasteiger partial charge in [0.25, 0.3) is 0 Å². The summed E-state index contributed by atoms with van der Waals surface area (Å²) in [6, 6.07) is 25.5. The van der Waals surface area contributed by atoms with Gasteiger partial charge in [0.2, 0.25) is 0 Å². The zero-order chi connectivity index (χ0) is 26.0. The molecule has 0 unspecified atom stereocenters. The molecule has 4 heteroatoms. The van der Waals surface area contributed by atoms with Crippen LogP contribution in [0.5, 0.6) is 17.2 Å². The molecule has 4 aromatic carbocycles. The Bertz CT molecular complexity index is 1380. The number of aromatic hydroxyl groups is 2. The smallest absolute Gasteiger partial charge is 0.142 e. The molecule has 6 rings (SSSR count). The van der Waals surface area contributed by atoms with E-state index in [1.807, 2.05) is 30.3 Å². The third-order valence-corrected chi connectivity index (χ3v) is 8.84. The molecule has 0 bridgehead atoms. The minimum atomic E-state index is 0.259. The maximum absolute atomic E-state index is 10.0. The Morgan fingerprint density at radius 1 is 0.711 bits per heavy atom. The van der Waals surface area contributed by atoms with Crippen LogP contribution in [0.4, 0.5) is 0 Å². The predicted molar refractivity (Wildman–Crippen MR) is 154 cm³/mol. The average molecular weight is 508 g/mol. The molecule has 1 aliphatic heterocycles. The topological polar surface area (TPSA) is 52.9 Å². The number of hydrogen-bond acceptors (Lipinski definition) is 4. The molecule has 2 fully saturated rings. The summed E-state index contributed by atoms with van der Waals surface area (Å²) in [5.74, 6) is 1.44. The van der Waals surface area contributed by atoms with Crippen molar-refractivity contribution in [3.63, 3.8) is 0 Å². The number of ether oxygens (including phenoxy) is 1. The minimum Gasteiger partial charge on any atom is -0.508 e. The van der Waals surface area contributed by atoms with Gasteiger partial charge < -0.3 is 14.9 Å². The van der Waals surface area contributed by atoms with Crippen molar-refractivity contribution in [2.45, 2.75) is 51.4 Å². The molecular formula is C34H37NO3. The fraction of sp³-hybridized carbons (Fsp3) is 0.353. The Kier molecular flexibility index (Phi) is 6.99. The van der Waals surface area contributed by atoms with E-state index >= 15 is 0 Å². The molecule has 0 atom stereocenters. The Morgan fingerprint density at radius 2 is 1.42 bits per heavy atom. The molecule has 2 N–H and O–H groups in total. The van der Waals surface area contributed by atoms with Gasteiger partial charge in [0.1, 0.15) is 24.0 Å². The van der Waals surface area contributed by atoms with E-state index in [4.69, 9.17) is 4.74 Å². The van der Waals surface area contributed by atoms with Crippen LogP contribution in [0.2, 0.25) is 0 Å². The van der Waals surface area contributed by atoms with Crippen LogP contribution in [0, 0.1) is 5.41 Å². The first-order chi connectivity index (χ1) is 18.6. The van der Waals surface area contributed by atoms with Crippen LogP contribution in [0.3, 0.4) is 0 Å². The fourth-order valence-electron chi connectivity index (χ4n) is 6.52. The summed E-state index contributed by atoms with van der Waals surface area (Å²) in [4.78, 5) is 2.46. The van der Waals surface area contributed by atoms with Gasteiger partial charge in [0.15, 0.2) is 0 Å². The summed E-state index contributed by atoms with van der Waals surface area (Å²) in [6.07, 6.45) is 10.5. The Hall–Kier alpha value is -3.50. The zero-order valence-electron chi connectivity index (χ0n) is 22.0. The van der Waals surface area contributed by atoms with Gasteiger partial charge in [0, 0.05) is 13.1 Å². The van der Waals surface area contributed by atoms with Gasteiger partial charge in [0.05, 0.1) is 0 Å². The van der Waals surface area contributed by atoms with Gasteiger partial charge in [-0.05, 0) is 107 Å².